The Morgan fingerprint density at radius 3 is 2.61 bits per heavy atom. The quantitative estimate of drug-likeness (QED) is 0.592. The number of hydrogen-bond donors (Lipinski definition) is 2. The van der Waals surface area contributed by atoms with Gasteiger partial charge >= 0.3 is 6.18 Å². The van der Waals surface area contributed by atoms with Crippen LogP contribution in [-0.2, 0) is 12.7 Å². The van der Waals surface area contributed by atoms with Crippen molar-refractivity contribution >= 4 is 38.3 Å². The first-order valence-corrected chi connectivity index (χ1v) is 7.45. The normalized spacial score (nSPS) is 11.6. The Balaban J connectivity index is 2.22. The summed E-state index contributed by atoms with van der Waals surface area (Å²) in [6.45, 7) is -0.386. The number of nitrogens with two attached hydrogens (primary N) is 1. The molecule has 0 unspecified atom stereocenters. The van der Waals surface area contributed by atoms with E-state index in [0.717, 1.165) is 6.07 Å². The molecule has 0 aliphatic carbocycles. The van der Waals surface area contributed by atoms with Crippen LogP contribution in [0, 0.1) is 11.6 Å². The molecule has 0 spiro atoms. The van der Waals surface area contributed by atoms with Crippen molar-refractivity contribution in [2.45, 2.75) is 12.7 Å². The Morgan fingerprint density at radius 1 is 1.35 bits per heavy atom. The van der Waals surface area contributed by atoms with Crippen LogP contribution < -0.4 is 11.1 Å². The average Bonchev–Trinajstić information content (AvgIpc) is 2.83. The molecule has 0 radical (unpaired) electrons. The summed E-state index contributed by atoms with van der Waals surface area (Å²) in [5, 5.41) is 1.73. The van der Waals surface area contributed by atoms with Crippen LogP contribution in [0.15, 0.2) is 16.6 Å². The van der Waals surface area contributed by atoms with Crippen molar-refractivity contribution in [2.24, 2.45) is 0 Å². The fourth-order valence-corrected chi connectivity index (χ4v) is 2.81. The molecule has 0 saturated heterocycles. The first-order valence-electron chi connectivity index (χ1n) is 5.84. The number of nitrogens with one attached hydrogen (secondary N) is 1. The molecule has 2 aromatic rings. The average molecular weight is 416 g/mol. The molecule has 2 rings (SSSR count). The van der Waals surface area contributed by atoms with Crippen LogP contribution in [0.1, 0.15) is 20.9 Å². The highest BCUT2D eigenvalue weighted by molar-refractivity contribution is 9.10. The second kappa shape index (κ2) is 6.40. The van der Waals surface area contributed by atoms with Gasteiger partial charge in [-0.1, -0.05) is 11.3 Å². The number of nitrogen functional groups attached to an aromatic ring is 1. The van der Waals surface area contributed by atoms with Crippen LogP contribution in [0.5, 0.6) is 0 Å². The second-order valence-electron chi connectivity index (χ2n) is 4.27. The molecular formula is C12H7BrF5N3OS. The molecule has 23 heavy (non-hydrogen) atoms. The van der Waals surface area contributed by atoms with E-state index in [4.69, 9.17) is 5.73 Å². The monoisotopic (exact) mass is 415 g/mol. The lowest BCUT2D eigenvalue weighted by molar-refractivity contribution is -0.141. The molecule has 0 aliphatic heterocycles. The van der Waals surface area contributed by atoms with Gasteiger partial charge in [-0.3, -0.25) is 4.79 Å². The minimum atomic E-state index is -4.84. The molecule has 0 bridgehead atoms. The van der Waals surface area contributed by atoms with Gasteiger partial charge in [0.2, 0.25) is 0 Å². The summed E-state index contributed by atoms with van der Waals surface area (Å²) in [5.41, 5.74) is 3.83. The van der Waals surface area contributed by atoms with Crippen molar-refractivity contribution in [3.63, 3.8) is 0 Å². The van der Waals surface area contributed by atoms with Gasteiger partial charge in [-0.15, -0.1) is 0 Å². The molecule has 11 heteroatoms. The SMILES string of the molecule is Nc1nc(C(F)(F)F)c(C(=O)NCc2cc(F)cc(F)c2Br)s1. The lowest BCUT2D eigenvalue weighted by Crippen LogP contribution is -2.25. The van der Waals surface area contributed by atoms with Crippen molar-refractivity contribution in [3.05, 3.63) is 44.4 Å². The highest BCUT2D eigenvalue weighted by Gasteiger charge is 2.39. The Hall–Kier alpha value is -1.75. The van der Waals surface area contributed by atoms with Gasteiger partial charge in [0.15, 0.2) is 10.8 Å². The number of carbonyl (C=O) groups excluding carboxylic acids is 1. The number of aromatic nitrogens is 1. The maximum Gasteiger partial charge on any atom is 0.435 e. The number of carbonyl (C=O) groups is 1. The summed E-state index contributed by atoms with van der Waals surface area (Å²) in [6, 6.07) is 1.57. The number of alkyl halides is 3. The van der Waals surface area contributed by atoms with E-state index < -0.39 is 39.4 Å². The van der Waals surface area contributed by atoms with E-state index in [1.807, 2.05) is 0 Å². The molecule has 0 atom stereocenters. The summed E-state index contributed by atoms with van der Waals surface area (Å²) in [4.78, 5) is 14.2. The van der Waals surface area contributed by atoms with E-state index in [0.29, 0.717) is 17.4 Å². The maximum absolute atomic E-state index is 13.3. The third-order valence-corrected chi connectivity index (χ3v) is 4.40. The van der Waals surface area contributed by atoms with Crippen molar-refractivity contribution in [2.75, 3.05) is 5.73 Å². The molecule has 1 aromatic heterocycles. The van der Waals surface area contributed by atoms with Crippen LogP contribution in [-0.4, -0.2) is 10.9 Å². The van der Waals surface area contributed by atoms with Gasteiger partial charge < -0.3 is 11.1 Å². The highest BCUT2D eigenvalue weighted by atomic mass is 79.9. The predicted molar refractivity (Wildman–Crippen MR) is 76.8 cm³/mol. The summed E-state index contributed by atoms with van der Waals surface area (Å²) in [7, 11) is 0. The Bertz CT molecular complexity index is 762. The van der Waals surface area contributed by atoms with E-state index in [2.05, 4.69) is 26.2 Å². The number of halogens is 6. The van der Waals surface area contributed by atoms with Crippen LogP contribution in [0.3, 0.4) is 0 Å². The zero-order chi connectivity index (χ0) is 17.4. The second-order valence-corrected chi connectivity index (χ2v) is 6.09. The van der Waals surface area contributed by atoms with Gasteiger partial charge in [0, 0.05) is 12.6 Å². The Kier molecular flexibility index (Phi) is 4.90. The summed E-state index contributed by atoms with van der Waals surface area (Å²) < 4.78 is 64.6. The molecule has 124 valence electrons. The maximum atomic E-state index is 13.3. The molecule has 0 saturated carbocycles. The number of nitrogens with zero attached hydrogens (tertiary/aromatic N) is 1. The molecular weight excluding hydrogens is 409 g/mol. The Morgan fingerprint density at radius 2 is 2.00 bits per heavy atom. The molecule has 0 fully saturated rings. The number of hydrogen-bond acceptors (Lipinski definition) is 4. The lowest BCUT2D eigenvalue weighted by Gasteiger charge is -2.09. The first kappa shape index (κ1) is 17.6. The topological polar surface area (TPSA) is 68.0 Å². The summed E-state index contributed by atoms with van der Waals surface area (Å²) in [6.07, 6.45) is -4.84. The molecule has 4 nitrogen and oxygen atoms in total. The third-order valence-electron chi connectivity index (χ3n) is 2.63. The lowest BCUT2D eigenvalue weighted by atomic mass is 10.2. The van der Waals surface area contributed by atoms with Gasteiger partial charge in [-0.25, -0.2) is 13.8 Å². The minimum absolute atomic E-state index is 0.0295. The number of benzene rings is 1. The van der Waals surface area contributed by atoms with Gasteiger partial charge in [0.05, 0.1) is 4.47 Å². The van der Waals surface area contributed by atoms with Crippen LogP contribution in [0.4, 0.5) is 27.1 Å². The molecule has 1 amide bonds. The zero-order valence-corrected chi connectivity index (χ0v) is 13.4. The van der Waals surface area contributed by atoms with Gasteiger partial charge in [-0.2, -0.15) is 13.2 Å². The molecule has 0 aliphatic rings. The fraction of sp³-hybridized carbons (Fsp3) is 0.167. The largest absolute Gasteiger partial charge is 0.435 e. The van der Waals surface area contributed by atoms with E-state index in [9.17, 15) is 26.7 Å². The number of thiazole rings is 1. The molecule has 1 heterocycles. The number of anilines is 1. The van der Waals surface area contributed by atoms with Crippen molar-refractivity contribution in [1.82, 2.24) is 10.3 Å². The minimum Gasteiger partial charge on any atom is -0.375 e. The number of amides is 1. The van der Waals surface area contributed by atoms with Crippen LogP contribution in [0.25, 0.3) is 0 Å². The first-order chi connectivity index (χ1) is 10.6. The van der Waals surface area contributed by atoms with Gasteiger partial charge in [0.1, 0.15) is 16.5 Å². The van der Waals surface area contributed by atoms with Crippen molar-refractivity contribution < 1.29 is 26.7 Å². The van der Waals surface area contributed by atoms with E-state index in [1.165, 1.54) is 0 Å². The highest BCUT2D eigenvalue weighted by Crippen LogP contribution is 2.35. The third kappa shape index (κ3) is 3.96. The van der Waals surface area contributed by atoms with E-state index in [1.54, 1.807) is 0 Å². The standard InChI is InChI=1S/C12H7BrF5N3OS/c13-7-4(1-5(14)2-6(7)15)3-20-10(22)8-9(12(16,17)18)21-11(19)23-8/h1-2H,3H2,(H2,19,21)(H,20,22). The summed E-state index contributed by atoms with van der Waals surface area (Å²) in [5.74, 6) is -2.87. The predicted octanol–water partition coefficient (Wildman–Crippen LogP) is 3.71. The van der Waals surface area contributed by atoms with Crippen LogP contribution in [0.2, 0.25) is 0 Å². The Labute approximate surface area is 138 Å². The number of rotatable bonds is 3. The van der Waals surface area contributed by atoms with Crippen molar-refractivity contribution in [3.8, 4) is 0 Å². The van der Waals surface area contributed by atoms with E-state index in [-0.39, 0.29) is 16.6 Å². The van der Waals surface area contributed by atoms with Gasteiger partial charge in [-0.05, 0) is 27.6 Å². The molecule has 3 N–H and O–H groups in total. The fourth-order valence-electron chi connectivity index (χ4n) is 1.68. The molecule has 1 aromatic carbocycles. The van der Waals surface area contributed by atoms with Crippen molar-refractivity contribution in [1.29, 1.82) is 0 Å². The van der Waals surface area contributed by atoms with E-state index >= 15 is 0 Å². The van der Waals surface area contributed by atoms with Crippen LogP contribution >= 0.6 is 27.3 Å². The zero-order valence-electron chi connectivity index (χ0n) is 11.0. The van der Waals surface area contributed by atoms with Gasteiger partial charge in [0.25, 0.3) is 5.91 Å². The smallest absolute Gasteiger partial charge is 0.375 e. The summed E-state index contributed by atoms with van der Waals surface area (Å²) >= 11 is 3.24.